The van der Waals surface area contributed by atoms with Gasteiger partial charge in [0.2, 0.25) is 11.8 Å². The molecule has 3 heterocycles. The van der Waals surface area contributed by atoms with E-state index in [2.05, 4.69) is 21.2 Å². The molecule has 0 unspecified atom stereocenters. The van der Waals surface area contributed by atoms with Gasteiger partial charge in [0.1, 0.15) is 0 Å². The van der Waals surface area contributed by atoms with Crippen LogP contribution in [0.15, 0.2) is 24.3 Å². The van der Waals surface area contributed by atoms with Crippen molar-refractivity contribution in [1.29, 1.82) is 0 Å². The van der Waals surface area contributed by atoms with Crippen LogP contribution in [-0.4, -0.2) is 53.3 Å². The smallest absolute Gasteiger partial charge is 0.241 e. The van der Waals surface area contributed by atoms with Crippen molar-refractivity contribution in [1.82, 2.24) is 9.80 Å². The molecule has 1 aromatic carbocycles. The molecule has 24 heavy (non-hydrogen) atoms. The van der Waals surface area contributed by atoms with E-state index < -0.39 is 0 Å². The first kappa shape index (κ1) is 15.6. The van der Waals surface area contributed by atoms with Crippen molar-refractivity contribution in [3.8, 4) is 0 Å². The maximum Gasteiger partial charge on any atom is 0.241 e. The monoisotopic (exact) mass is 327 g/mol. The number of anilines is 1. The lowest BCUT2D eigenvalue weighted by molar-refractivity contribution is -0.131. The van der Waals surface area contributed by atoms with Gasteiger partial charge in [-0.3, -0.25) is 14.5 Å². The summed E-state index contributed by atoms with van der Waals surface area (Å²) in [6, 6.07) is 8.42. The average Bonchev–Trinajstić information content (AvgIpc) is 2.95. The molecule has 5 heteroatoms. The highest BCUT2D eigenvalue weighted by atomic mass is 16.2. The Bertz CT molecular complexity index is 637. The quantitative estimate of drug-likeness (QED) is 0.904. The molecular weight excluding hydrogens is 302 g/mol. The number of hydrogen-bond donors (Lipinski definition) is 1. The average molecular weight is 327 g/mol. The number of rotatable bonds is 2. The summed E-state index contributed by atoms with van der Waals surface area (Å²) in [5.41, 5.74) is 2.19. The topological polar surface area (TPSA) is 52.7 Å². The molecule has 2 fully saturated rings. The summed E-state index contributed by atoms with van der Waals surface area (Å²) in [5.74, 6) is 0.437. The molecule has 0 saturated carbocycles. The highest BCUT2D eigenvalue weighted by Crippen LogP contribution is 2.27. The number of carbonyl (C=O) groups is 2. The Morgan fingerprint density at radius 1 is 0.958 bits per heavy atom. The fourth-order valence-corrected chi connectivity index (χ4v) is 4.41. The van der Waals surface area contributed by atoms with Crippen molar-refractivity contribution in [3.63, 3.8) is 0 Å². The highest BCUT2D eigenvalue weighted by molar-refractivity contribution is 5.96. The summed E-state index contributed by atoms with van der Waals surface area (Å²) < 4.78 is 0. The van der Waals surface area contributed by atoms with Crippen molar-refractivity contribution in [2.45, 2.75) is 50.6 Å². The lowest BCUT2D eigenvalue weighted by atomic mass is 9.99. The lowest BCUT2D eigenvalue weighted by Crippen LogP contribution is -2.51. The van der Waals surface area contributed by atoms with E-state index in [0.29, 0.717) is 18.4 Å². The number of benzene rings is 1. The normalized spacial score (nSPS) is 26.2. The molecule has 5 nitrogen and oxygen atoms in total. The van der Waals surface area contributed by atoms with Gasteiger partial charge in [0, 0.05) is 37.8 Å². The number of likely N-dealkylation sites (tertiary alicyclic amines) is 2. The molecule has 0 aliphatic carbocycles. The van der Waals surface area contributed by atoms with Crippen molar-refractivity contribution in [2.75, 3.05) is 25.0 Å². The predicted octanol–water partition coefficient (Wildman–Crippen LogP) is 2.03. The van der Waals surface area contributed by atoms with Crippen LogP contribution in [0.2, 0.25) is 0 Å². The number of carbonyl (C=O) groups excluding carboxylic acids is 2. The van der Waals surface area contributed by atoms with Crippen LogP contribution in [0.25, 0.3) is 0 Å². The second-order valence-corrected chi connectivity index (χ2v) is 7.16. The van der Waals surface area contributed by atoms with E-state index in [1.165, 1.54) is 5.56 Å². The number of nitrogens with zero attached hydrogens (tertiary/aromatic N) is 2. The molecule has 128 valence electrons. The Labute approximate surface area is 143 Å². The van der Waals surface area contributed by atoms with Gasteiger partial charge in [-0.15, -0.1) is 0 Å². The zero-order valence-electron chi connectivity index (χ0n) is 14.0. The van der Waals surface area contributed by atoms with E-state index in [9.17, 15) is 9.59 Å². The highest BCUT2D eigenvalue weighted by Gasteiger charge is 2.35. The minimum Gasteiger partial charge on any atom is -0.340 e. The lowest BCUT2D eigenvalue weighted by Gasteiger charge is -2.39. The molecule has 1 N–H and O–H groups in total. The minimum atomic E-state index is -0.0485. The Hall–Kier alpha value is -1.88. The molecule has 4 rings (SSSR count). The summed E-state index contributed by atoms with van der Waals surface area (Å²) in [5, 5.41) is 3.10. The van der Waals surface area contributed by atoms with Gasteiger partial charge in [-0.1, -0.05) is 18.2 Å². The Morgan fingerprint density at radius 3 is 2.50 bits per heavy atom. The van der Waals surface area contributed by atoms with Gasteiger partial charge in [0.15, 0.2) is 0 Å². The predicted molar refractivity (Wildman–Crippen MR) is 92.7 cm³/mol. The number of piperidine rings is 1. The fraction of sp³-hybridized carbons (Fsp3) is 0.579. The number of amides is 2. The third kappa shape index (κ3) is 2.93. The van der Waals surface area contributed by atoms with E-state index in [1.807, 2.05) is 18.2 Å². The molecule has 1 aromatic rings. The number of fused-ring (bicyclic) bond motifs is 1. The van der Waals surface area contributed by atoms with E-state index >= 15 is 0 Å². The van der Waals surface area contributed by atoms with E-state index in [0.717, 1.165) is 57.4 Å². The molecule has 1 atom stereocenters. The number of para-hydroxylation sites is 1. The Kier molecular flexibility index (Phi) is 4.27. The minimum absolute atomic E-state index is 0.0485. The molecule has 2 amide bonds. The number of hydrogen-bond acceptors (Lipinski definition) is 3. The van der Waals surface area contributed by atoms with Gasteiger partial charge in [-0.05, 0) is 43.7 Å². The van der Waals surface area contributed by atoms with Crippen LogP contribution in [-0.2, 0) is 16.0 Å². The molecule has 0 bridgehead atoms. The second-order valence-electron chi connectivity index (χ2n) is 7.16. The van der Waals surface area contributed by atoms with Crippen LogP contribution in [0.3, 0.4) is 0 Å². The SMILES string of the molecule is O=C1Nc2ccccc2CC[C@@H]1N1CCC(N2CCCC2=O)CC1. The van der Waals surface area contributed by atoms with Gasteiger partial charge in [0.05, 0.1) is 6.04 Å². The fourth-order valence-electron chi connectivity index (χ4n) is 4.41. The maximum atomic E-state index is 12.6. The Balaban J connectivity index is 1.39. The summed E-state index contributed by atoms with van der Waals surface area (Å²) in [4.78, 5) is 29.0. The van der Waals surface area contributed by atoms with Crippen molar-refractivity contribution in [3.05, 3.63) is 29.8 Å². The first-order valence-corrected chi connectivity index (χ1v) is 9.14. The largest absolute Gasteiger partial charge is 0.340 e. The van der Waals surface area contributed by atoms with Gasteiger partial charge < -0.3 is 10.2 Å². The van der Waals surface area contributed by atoms with E-state index in [-0.39, 0.29) is 11.9 Å². The van der Waals surface area contributed by atoms with Gasteiger partial charge in [-0.2, -0.15) is 0 Å². The van der Waals surface area contributed by atoms with Crippen LogP contribution >= 0.6 is 0 Å². The van der Waals surface area contributed by atoms with Gasteiger partial charge >= 0.3 is 0 Å². The van der Waals surface area contributed by atoms with Crippen LogP contribution in [0.5, 0.6) is 0 Å². The summed E-state index contributed by atoms with van der Waals surface area (Å²) in [6.07, 6.45) is 5.50. The van der Waals surface area contributed by atoms with Crippen molar-refractivity contribution < 1.29 is 9.59 Å². The summed E-state index contributed by atoms with van der Waals surface area (Å²) in [7, 11) is 0. The number of nitrogens with one attached hydrogen (secondary N) is 1. The molecule has 0 radical (unpaired) electrons. The standard InChI is InChI=1S/C19H25N3O2/c23-18-6-3-11-22(18)15-9-12-21(13-10-15)17-8-7-14-4-1-2-5-16(14)20-19(17)24/h1-2,4-5,15,17H,3,6-13H2,(H,20,24)/t17-/m0/s1. The second kappa shape index (κ2) is 6.55. The molecule has 3 aliphatic heterocycles. The zero-order chi connectivity index (χ0) is 16.5. The number of aryl methyl sites for hydroxylation is 1. The van der Waals surface area contributed by atoms with E-state index in [1.54, 1.807) is 0 Å². The van der Waals surface area contributed by atoms with Crippen LogP contribution in [0.1, 0.15) is 37.7 Å². The first-order chi connectivity index (χ1) is 11.7. The van der Waals surface area contributed by atoms with Crippen LogP contribution in [0, 0.1) is 0 Å². The zero-order valence-corrected chi connectivity index (χ0v) is 14.0. The van der Waals surface area contributed by atoms with Crippen LogP contribution in [0.4, 0.5) is 5.69 Å². The molecule has 3 aliphatic rings. The van der Waals surface area contributed by atoms with Gasteiger partial charge in [0.25, 0.3) is 0 Å². The molecule has 0 aromatic heterocycles. The van der Waals surface area contributed by atoms with E-state index in [4.69, 9.17) is 0 Å². The van der Waals surface area contributed by atoms with Gasteiger partial charge in [-0.25, -0.2) is 0 Å². The van der Waals surface area contributed by atoms with Crippen molar-refractivity contribution >= 4 is 17.5 Å². The summed E-state index contributed by atoms with van der Waals surface area (Å²) >= 11 is 0. The van der Waals surface area contributed by atoms with Crippen LogP contribution < -0.4 is 5.32 Å². The molecular formula is C19H25N3O2. The first-order valence-electron chi connectivity index (χ1n) is 9.14. The molecule has 0 spiro atoms. The summed E-state index contributed by atoms with van der Waals surface area (Å²) in [6.45, 7) is 2.73. The maximum absolute atomic E-state index is 12.6. The molecule has 2 saturated heterocycles. The van der Waals surface area contributed by atoms with Crippen molar-refractivity contribution in [2.24, 2.45) is 0 Å². The third-order valence-electron chi connectivity index (χ3n) is 5.76. The third-order valence-corrected chi connectivity index (χ3v) is 5.76. The Morgan fingerprint density at radius 2 is 1.75 bits per heavy atom.